The first kappa shape index (κ1) is 25.3. The molecular weight excluding hydrogens is 532 g/mol. The van der Waals surface area contributed by atoms with Gasteiger partial charge in [0.15, 0.2) is 0 Å². The minimum atomic E-state index is -0.739. The molecule has 0 aliphatic carbocycles. The van der Waals surface area contributed by atoms with Crippen LogP contribution in [0.3, 0.4) is 0 Å². The molecule has 2 aliphatic heterocycles. The van der Waals surface area contributed by atoms with Gasteiger partial charge >= 0.3 is 4.87 Å². The highest BCUT2D eigenvalue weighted by Crippen LogP contribution is 2.53. The van der Waals surface area contributed by atoms with Gasteiger partial charge in [-0.3, -0.25) is 28.7 Å². The number of rotatable bonds is 5. The van der Waals surface area contributed by atoms with Crippen LogP contribution in [0.5, 0.6) is 0 Å². The molecule has 1 saturated heterocycles. The van der Waals surface area contributed by atoms with Gasteiger partial charge in [-0.25, -0.2) is 4.90 Å². The van der Waals surface area contributed by atoms with Gasteiger partial charge in [-0.15, -0.1) is 0 Å². The van der Waals surface area contributed by atoms with E-state index in [1.54, 1.807) is 42.7 Å². The Hall–Kier alpha value is -4.02. The Balaban J connectivity index is 1.39. The van der Waals surface area contributed by atoms with Crippen LogP contribution in [0.25, 0.3) is 0 Å². The Labute approximate surface area is 232 Å². The molecule has 6 rings (SSSR count). The van der Waals surface area contributed by atoms with Crippen molar-refractivity contribution in [3.63, 3.8) is 0 Å². The zero-order valence-electron chi connectivity index (χ0n) is 21.2. The molecule has 2 aromatic heterocycles. The zero-order valence-corrected chi connectivity index (χ0v) is 22.8. The van der Waals surface area contributed by atoms with Gasteiger partial charge in [0, 0.05) is 28.9 Å². The van der Waals surface area contributed by atoms with Gasteiger partial charge in [0.1, 0.15) is 11.8 Å². The maximum absolute atomic E-state index is 13.9. The lowest BCUT2D eigenvalue weighted by Crippen LogP contribution is -2.33. The number of fused-ring (bicyclic) bond motifs is 2. The lowest BCUT2D eigenvalue weighted by molar-refractivity contribution is -0.122. The van der Waals surface area contributed by atoms with Gasteiger partial charge in [0.25, 0.3) is 0 Å². The summed E-state index contributed by atoms with van der Waals surface area (Å²) in [6, 6.07) is 18.3. The van der Waals surface area contributed by atoms with Crippen molar-refractivity contribution in [2.75, 3.05) is 10.2 Å². The number of hydrogen-bond donors (Lipinski definition) is 1. The Bertz CT molecular complexity index is 1650. The summed E-state index contributed by atoms with van der Waals surface area (Å²) in [7, 11) is 0. The summed E-state index contributed by atoms with van der Waals surface area (Å²) in [6.07, 6.45) is 3.31. The zero-order chi connectivity index (χ0) is 27.3. The fourth-order valence-electron chi connectivity index (χ4n) is 5.10. The third-order valence-electron chi connectivity index (χ3n) is 7.02. The molecule has 0 bridgehead atoms. The van der Waals surface area contributed by atoms with Crippen molar-refractivity contribution < 1.29 is 14.4 Å². The second-order valence-electron chi connectivity index (χ2n) is 9.71. The minimum absolute atomic E-state index is 0.202. The SMILES string of the molecule is Cc1ccc(NC(=O)Cn2c3c(sc2=O)[C@H](c2cccnc2)C2C(=O)N(c4ccc(C)cc4)C(=O)C2S3)cc1. The van der Waals surface area contributed by atoms with Gasteiger partial charge in [-0.1, -0.05) is 64.6 Å². The van der Waals surface area contributed by atoms with Crippen LogP contribution in [0.1, 0.15) is 27.5 Å². The van der Waals surface area contributed by atoms with Gasteiger partial charge in [-0.2, -0.15) is 0 Å². The maximum Gasteiger partial charge on any atom is 0.308 e. The second-order valence-corrected chi connectivity index (χ2v) is 11.8. The van der Waals surface area contributed by atoms with Crippen LogP contribution in [0.4, 0.5) is 11.4 Å². The van der Waals surface area contributed by atoms with Crippen molar-refractivity contribution in [3.8, 4) is 0 Å². The molecule has 4 aromatic rings. The third kappa shape index (κ3) is 4.49. The number of anilines is 2. The molecule has 10 heteroatoms. The van der Waals surface area contributed by atoms with Crippen molar-refractivity contribution >= 4 is 52.2 Å². The normalized spacial score (nSPS) is 20.1. The van der Waals surface area contributed by atoms with E-state index in [1.807, 2.05) is 44.2 Å². The number of aryl methyl sites for hydroxylation is 2. The van der Waals surface area contributed by atoms with E-state index >= 15 is 0 Å². The minimum Gasteiger partial charge on any atom is -0.325 e. The van der Waals surface area contributed by atoms with Crippen LogP contribution in [0.2, 0.25) is 0 Å². The van der Waals surface area contributed by atoms with Crippen molar-refractivity contribution in [2.24, 2.45) is 5.92 Å². The number of amides is 3. The van der Waals surface area contributed by atoms with E-state index < -0.39 is 17.1 Å². The van der Waals surface area contributed by atoms with E-state index in [1.165, 1.54) is 21.2 Å². The van der Waals surface area contributed by atoms with Crippen molar-refractivity contribution in [3.05, 3.63) is 104 Å². The number of nitrogens with zero attached hydrogens (tertiary/aromatic N) is 3. The van der Waals surface area contributed by atoms with Crippen LogP contribution >= 0.6 is 23.1 Å². The van der Waals surface area contributed by atoms with Crippen LogP contribution < -0.4 is 15.1 Å². The van der Waals surface area contributed by atoms with E-state index in [-0.39, 0.29) is 29.1 Å². The number of imide groups is 1. The lowest BCUT2D eigenvalue weighted by Gasteiger charge is -2.30. The summed E-state index contributed by atoms with van der Waals surface area (Å²) >= 11 is 2.22. The standard InChI is InChI=1S/C29H24N4O4S2/c1-16-5-9-19(10-6-16)31-21(34)15-32-28-25(39-29(32)37)22(18-4-3-13-30-14-18)23-24(38-28)27(36)33(26(23)35)20-11-7-17(2)8-12-20/h3-14,22-24H,15H2,1-2H3,(H,31,34)/t22-,23?,24?/m1/s1. The summed E-state index contributed by atoms with van der Waals surface area (Å²) in [5, 5.41) is 2.65. The number of benzene rings is 2. The molecule has 1 fully saturated rings. The summed E-state index contributed by atoms with van der Waals surface area (Å²) in [6.45, 7) is 3.70. The van der Waals surface area contributed by atoms with Gasteiger partial charge in [0.05, 0.1) is 16.6 Å². The van der Waals surface area contributed by atoms with Gasteiger partial charge in [0.2, 0.25) is 17.7 Å². The number of carbonyl (C=O) groups excluding carboxylic acids is 3. The van der Waals surface area contributed by atoms with Gasteiger partial charge < -0.3 is 5.32 Å². The van der Waals surface area contributed by atoms with Gasteiger partial charge in [-0.05, 0) is 49.7 Å². The number of carbonyl (C=O) groups is 3. The molecule has 1 N–H and O–H groups in total. The number of thiazole rings is 1. The van der Waals surface area contributed by atoms with E-state index in [9.17, 15) is 19.2 Å². The Morgan fingerprint density at radius 1 is 0.949 bits per heavy atom. The summed E-state index contributed by atoms with van der Waals surface area (Å²) in [4.78, 5) is 59.6. The molecule has 8 nitrogen and oxygen atoms in total. The molecule has 2 aromatic carbocycles. The van der Waals surface area contributed by atoms with E-state index in [0.29, 0.717) is 21.3 Å². The first-order valence-electron chi connectivity index (χ1n) is 12.4. The van der Waals surface area contributed by atoms with Crippen LogP contribution in [-0.2, 0) is 20.9 Å². The second kappa shape index (κ2) is 9.94. The number of nitrogens with one attached hydrogen (secondary N) is 1. The maximum atomic E-state index is 13.9. The summed E-state index contributed by atoms with van der Waals surface area (Å²) in [5.41, 5.74) is 3.99. The third-order valence-corrected chi connectivity index (χ3v) is 9.63. The molecule has 4 heterocycles. The monoisotopic (exact) mass is 556 g/mol. The molecule has 2 aliphatic rings. The molecule has 3 amide bonds. The highest BCUT2D eigenvalue weighted by Gasteiger charge is 2.56. The summed E-state index contributed by atoms with van der Waals surface area (Å²) in [5.74, 6) is -2.21. The Morgan fingerprint density at radius 2 is 1.64 bits per heavy atom. The number of pyridine rings is 1. The highest BCUT2D eigenvalue weighted by molar-refractivity contribution is 8.00. The number of hydrogen-bond acceptors (Lipinski definition) is 7. The van der Waals surface area contributed by atoms with Crippen molar-refractivity contribution in [1.82, 2.24) is 9.55 Å². The largest absolute Gasteiger partial charge is 0.325 e. The van der Waals surface area contributed by atoms with Crippen LogP contribution in [0, 0.1) is 19.8 Å². The van der Waals surface area contributed by atoms with Crippen molar-refractivity contribution in [2.45, 2.75) is 36.6 Å². The first-order valence-corrected chi connectivity index (χ1v) is 14.1. The fraction of sp³-hybridized carbons (Fsp3) is 0.207. The number of aromatic nitrogens is 2. The molecular formula is C29H24N4O4S2. The molecule has 0 saturated carbocycles. The predicted molar refractivity (Wildman–Crippen MR) is 151 cm³/mol. The van der Waals surface area contributed by atoms with Crippen LogP contribution in [0.15, 0.2) is 82.9 Å². The first-order chi connectivity index (χ1) is 18.8. The molecule has 196 valence electrons. The Kier molecular flexibility index (Phi) is 6.44. The highest BCUT2D eigenvalue weighted by atomic mass is 32.2. The quantitative estimate of drug-likeness (QED) is 0.367. The molecule has 2 unspecified atom stereocenters. The average molecular weight is 557 g/mol. The fourth-order valence-corrected chi connectivity index (χ4v) is 7.88. The number of thioether (sulfide) groups is 1. The average Bonchev–Trinajstić information content (AvgIpc) is 3.37. The Morgan fingerprint density at radius 3 is 2.31 bits per heavy atom. The predicted octanol–water partition coefficient (Wildman–Crippen LogP) is 4.36. The topological polar surface area (TPSA) is 101 Å². The molecule has 0 radical (unpaired) electrons. The molecule has 3 atom stereocenters. The van der Waals surface area contributed by atoms with Crippen LogP contribution in [-0.4, -0.2) is 32.5 Å². The van der Waals surface area contributed by atoms with E-state index in [0.717, 1.165) is 28.0 Å². The van der Waals surface area contributed by atoms with E-state index in [2.05, 4.69) is 10.3 Å². The van der Waals surface area contributed by atoms with E-state index in [4.69, 9.17) is 0 Å². The summed E-state index contributed by atoms with van der Waals surface area (Å²) < 4.78 is 1.42. The lowest BCUT2D eigenvalue weighted by atomic mass is 9.84. The smallest absolute Gasteiger partial charge is 0.308 e. The molecule has 39 heavy (non-hydrogen) atoms. The molecule has 0 spiro atoms. The van der Waals surface area contributed by atoms with Crippen molar-refractivity contribution in [1.29, 1.82) is 0 Å².